The van der Waals surface area contributed by atoms with Crippen molar-refractivity contribution in [3.05, 3.63) is 0 Å². The zero-order valence-corrected chi connectivity index (χ0v) is 9.08. The largest absolute Gasteiger partial charge is 0.383 e. The van der Waals surface area contributed by atoms with Crippen LogP contribution in [0.15, 0.2) is 0 Å². The summed E-state index contributed by atoms with van der Waals surface area (Å²) in [5, 5.41) is 0. The number of methoxy groups -OCH3 is 1. The first kappa shape index (κ1) is 11.9. The van der Waals surface area contributed by atoms with E-state index in [0.717, 1.165) is 6.42 Å². The van der Waals surface area contributed by atoms with Crippen molar-refractivity contribution < 1.29 is 9.13 Å². The lowest BCUT2D eigenvalue weighted by Crippen LogP contribution is -2.55. The van der Waals surface area contributed by atoms with Gasteiger partial charge in [-0.1, -0.05) is 6.92 Å². The molecule has 0 aromatic heterocycles. The van der Waals surface area contributed by atoms with Crippen LogP contribution in [0.2, 0.25) is 0 Å². The fourth-order valence-corrected chi connectivity index (χ4v) is 1.83. The average molecular weight is 204 g/mol. The first-order valence-electron chi connectivity index (χ1n) is 5.24. The molecule has 1 aliphatic rings. The lowest BCUT2D eigenvalue weighted by molar-refractivity contribution is -0.0112. The molecular weight excluding hydrogens is 183 g/mol. The number of hydrogen-bond acceptors (Lipinski definition) is 3. The van der Waals surface area contributed by atoms with Crippen LogP contribution in [0.5, 0.6) is 0 Å². The summed E-state index contributed by atoms with van der Waals surface area (Å²) >= 11 is 0. The minimum atomic E-state index is -0.637. The molecule has 0 amide bonds. The quantitative estimate of drug-likeness (QED) is 0.690. The van der Waals surface area contributed by atoms with Crippen molar-refractivity contribution in [2.45, 2.75) is 25.6 Å². The Bertz CT molecular complexity index is 162. The molecular formula is C10H21FN2O. The lowest BCUT2D eigenvalue weighted by Gasteiger charge is -2.41. The van der Waals surface area contributed by atoms with Crippen LogP contribution < -0.4 is 5.73 Å². The van der Waals surface area contributed by atoms with E-state index in [1.807, 2.05) is 0 Å². The Morgan fingerprint density at radius 2 is 2.21 bits per heavy atom. The van der Waals surface area contributed by atoms with Crippen LogP contribution in [0, 0.1) is 5.92 Å². The van der Waals surface area contributed by atoms with E-state index in [1.165, 1.54) is 0 Å². The van der Waals surface area contributed by atoms with E-state index in [4.69, 9.17) is 10.5 Å². The van der Waals surface area contributed by atoms with Crippen molar-refractivity contribution in [2.75, 3.05) is 33.4 Å². The van der Waals surface area contributed by atoms with Crippen molar-refractivity contribution >= 4 is 0 Å². The summed E-state index contributed by atoms with van der Waals surface area (Å²) in [4.78, 5) is 2.14. The number of alkyl halides is 1. The van der Waals surface area contributed by atoms with Gasteiger partial charge in [0.1, 0.15) is 6.17 Å². The Balaban J connectivity index is 2.31. The molecule has 0 radical (unpaired) electrons. The summed E-state index contributed by atoms with van der Waals surface area (Å²) in [5.41, 5.74) is 5.57. The molecule has 2 atom stereocenters. The number of halogens is 1. The zero-order valence-electron chi connectivity index (χ0n) is 9.08. The maximum absolute atomic E-state index is 12.7. The Morgan fingerprint density at radius 1 is 1.57 bits per heavy atom. The predicted octanol–water partition coefficient (Wildman–Crippen LogP) is 0.640. The minimum Gasteiger partial charge on any atom is -0.383 e. The summed E-state index contributed by atoms with van der Waals surface area (Å²) < 4.78 is 17.8. The van der Waals surface area contributed by atoms with Crippen LogP contribution >= 0.6 is 0 Å². The van der Waals surface area contributed by atoms with Gasteiger partial charge in [-0.15, -0.1) is 0 Å². The van der Waals surface area contributed by atoms with Crippen LogP contribution in [0.25, 0.3) is 0 Å². The van der Waals surface area contributed by atoms with Gasteiger partial charge in [-0.3, -0.25) is 4.90 Å². The normalized spacial score (nSPS) is 23.1. The second-order valence-corrected chi connectivity index (χ2v) is 4.24. The Kier molecular flexibility index (Phi) is 4.78. The molecule has 1 rings (SSSR count). The minimum absolute atomic E-state index is 0.338. The van der Waals surface area contributed by atoms with Crippen molar-refractivity contribution in [3.8, 4) is 0 Å². The van der Waals surface area contributed by atoms with Crippen molar-refractivity contribution in [1.29, 1.82) is 0 Å². The third-order valence-electron chi connectivity index (χ3n) is 2.82. The van der Waals surface area contributed by atoms with Gasteiger partial charge in [0, 0.05) is 26.2 Å². The zero-order chi connectivity index (χ0) is 10.6. The van der Waals surface area contributed by atoms with Gasteiger partial charge in [0.2, 0.25) is 0 Å². The van der Waals surface area contributed by atoms with E-state index < -0.39 is 6.17 Å². The molecule has 1 fully saturated rings. The summed E-state index contributed by atoms with van der Waals surface area (Å²) in [7, 11) is 1.69. The van der Waals surface area contributed by atoms with Gasteiger partial charge in [-0.2, -0.15) is 0 Å². The molecule has 1 heterocycles. The van der Waals surface area contributed by atoms with Gasteiger partial charge in [-0.05, 0) is 18.9 Å². The summed E-state index contributed by atoms with van der Waals surface area (Å²) in [6.07, 6.45) is 0.361. The molecule has 3 nitrogen and oxygen atoms in total. The highest BCUT2D eigenvalue weighted by Gasteiger charge is 2.32. The van der Waals surface area contributed by atoms with Gasteiger partial charge in [0.15, 0.2) is 0 Å². The first-order valence-corrected chi connectivity index (χ1v) is 5.24. The average Bonchev–Trinajstić information content (AvgIpc) is 2.12. The fraction of sp³-hybridized carbons (Fsp3) is 1.00. The molecule has 84 valence electrons. The molecule has 1 unspecified atom stereocenters. The molecule has 0 aromatic carbocycles. The van der Waals surface area contributed by atoms with E-state index in [9.17, 15) is 4.39 Å². The number of rotatable bonds is 6. The molecule has 1 saturated heterocycles. The first-order chi connectivity index (χ1) is 6.67. The molecule has 0 saturated carbocycles. The molecule has 4 heteroatoms. The fourth-order valence-electron chi connectivity index (χ4n) is 1.83. The molecule has 14 heavy (non-hydrogen) atoms. The highest BCUT2D eigenvalue weighted by molar-refractivity contribution is 4.86. The topological polar surface area (TPSA) is 38.5 Å². The van der Waals surface area contributed by atoms with Gasteiger partial charge in [0.05, 0.1) is 6.61 Å². The van der Waals surface area contributed by atoms with Crippen LogP contribution in [0.4, 0.5) is 4.39 Å². The Labute approximate surface area is 85.4 Å². The van der Waals surface area contributed by atoms with Crippen molar-refractivity contribution in [3.63, 3.8) is 0 Å². The summed E-state index contributed by atoms with van der Waals surface area (Å²) in [5.74, 6) is 0.480. The van der Waals surface area contributed by atoms with Crippen molar-refractivity contribution in [1.82, 2.24) is 4.90 Å². The van der Waals surface area contributed by atoms with E-state index in [2.05, 4.69) is 11.8 Å². The monoisotopic (exact) mass is 204 g/mol. The van der Waals surface area contributed by atoms with Gasteiger partial charge in [-0.25, -0.2) is 4.39 Å². The molecule has 0 spiro atoms. The second kappa shape index (κ2) is 5.63. The van der Waals surface area contributed by atoms with Gasteiger partial charge >= 0.3 is 0 Å². The number of likely N-dealkylation sites (tertiary alicyclic amines) is 1. The second-order valence-electron chi connectivity index (χ2n) is 4.24. The summed E-state index contributed by atoms with van der Waals surface area (Å²) in [6, 6.07) is 0.338. The SMILES string of the molecule is COCC(C[C@@H](C)CN)N1CC(F)C1. The van der Waals surface area contributed by atoms with E-state index in [1.54, 1.807) is 7.11 Å². The Morgan fingerprint density at radius 3 is 2.64 bits per heavy atom. The molecule has 0 aliphatic carbocycles. The molecule has 2 N–H and O–H groups in total. The maximum atomic E-state index is 12.7. The van der Waals surface area contributed by atoms with Crippen LogP contribution in [-0.2, 0) is 4.74 Å². The van der Waals surface area contributed by atoms with E-state index >= 15 is 0 Å². The predicted molar refractivity (Wildman–Crippen MR) is 55.0 cm³/mol. The van der Waals surface area contributed by atoms with Gasteiger partial charge < -0.3 is 10.5 Å². The molecule has 1 aliphatic heterocycles. The number of nitrogens with zero attached hydrogens (tertiary/aromatic N) is 1. The maximum Gasteiger partial charge on any atom is 0.125 e. The third kappa shape index (κ3) is 3.19. The third-order valence-corrected chi connectivity index (χ3v) is 2.82. The number of nitrogens with two attached hydrogens (primary N) is 1. The van der Waals surface area contributed by atoms with Crippen molar-refractivity contribution in [2.24, 2.45) is 11.7 Å². The van der Waals surface area contributed by atoms with Crippen LogP contribution in [-0.4, -0.2) is 50.5 Å². The molecule has 0 aromatic rings. The standard InChI is InChI=1S/C10H21FN2O/c1-8(4-12)3-10(7-14-2)13-5-9(11)6-13/h8-10H,3-7,12H2,1-2H3/t8-,10?/m1/s1. The van der Waals surface area contributed by atoms with Crippen LogP contribution in [0.3, 0.4) is 0 Å². The van der Waals surface area contributed by atoms with E-state index in [0.29, 0.717) is 38.2 Å². The highest BCUT2D eigenvalue weighted by atomic mass is 19.1. The molecule has 0 bridgehead atoms. The number of ether oxygens (including phenoxy) is 1. The summed E-state index contributed by atoms with van der Waals surface area (Å²) in [6.45, 7) is 4.61. The Hall–Kier alpha value is -0.190. The highest BCUT2D eigenvalue weighted by Crippen LogP contribution is 2.20. The lowest BCUT2D eigenvalue weighted by atomic mass is 9.98. The smallest absolute Gasteiger partial charge is 0.125 e. The van der Waals surface area contributed by atoms with E-state index in [-0.39, 0.29) is 0 Å². The number of hydrogen-bond donors (Lipinski definition) is 1. The van der Waals surface area contributed by atoms with Gasteiger partial charge in [0.25, 0.3) is 0 Å². The van der Waals surface area contributed by atoms with Crippen LogP contribution in [0.1, 0.15) is 13.3 Å².